The van der Waals surface area contributed by atoms with E-state index in [-0.39, 0.29) is 18.3 Å². The summed E-state index contributed by atoms with van der Waals surface area (Å²) in [6, 6.07) is 14.4. The van der Waals surface area contributed by atoms with Gasteiger partial charge in [-0.1, -0.05) is 30.3 Å². The molecule has 0 bridgehead atoms. The van der Waals surface area contributed by atoms with Gasteiger partial charge in [0.05, 0.1) is 6.54 Å². The molecule has 0 fully saturated rings. The van der Waals surface area contributed by atoms with Gasteiger partial charge in [0, 0.05) is 23.9 Å². The molecule has 1 aliphatic heterocycles. The summed E-state index contributed by atoms with van der Waals surface area (Å²) in [7, 11) is 0. The first kappa shape index (κ1) is 22.0. The van der Waals surface area contributed by atoms with Crippen molar-refractivity contribution in [3.05, 3.63) is 101 Å². The maximum atomic E-state index is 13.4. The first-order valence-corrected chi connectivity index (χ1v) is 10.5. The number of fused-ring (bicyclic) bond motifs is 1. The standard InChI is InChI=1S/C25H23FN4O3/c26-20-9-6-18-14-30(15-19(18)13-20)25(33)28-21-10-7-17(8-11-21)24(32)29-22(23(27)31)12-16-4-2-1-3-5-16/h1-5,7-11,13-14,22H,6,12,15H2,(H2,27,31)(H,28,33)(H,29,32)/t22-/m0/s1. The molecule has 4 rings (SSSR count). The van der Waals surface area contributed by atoms with Gasteiger partial charge in [0.25, 0.3) is 5.91 Å². The molecule has 2 aromatic rings. The lowest BCUT2D eigenvalue weighted by Gasteiger charge is -2.16. The third kappa shape index (κ3) is 5.35. The number of amides is 4. The van der Waals surface area contributed by atoms with Crippen LogP contribution in [0.2, 0.25) is 0 Å². The van der Waals surface area contributed by atoms with Crippen molar-refractivity contribution in [1.29, 1.82) is 0 Å². The van der Waals surface area contributed by atoms with Crippen molar-refractivity contribution in [3.8, 4) is 0 Å². The van der Waals surface area contributed by atoms with E-state index >= 15 is 0 Å². The Balaban J connectivity index is 1.35. The maximum Gasteiger partial charge on any atom is 0.326 e. The van der Waals surface area contributed by atoms with Crippen molar-refractivity contribution >= 4 is 23.5 Å². The Morgan fingerprint density at radius 1 is 1.03 bits per heavy atom. The summed E-state index contributed by atoms with van der Waals surface area (Å²) in [5, 5.41) is 5.42. The van der Waals surface area contributed by atoms with E-state index in [1.165, 1.54) is 17.1 Å². The van der Waals surface area contributed by atoms with Gasteiger partial charge in [0.15, 0.2) is 0 Å². The average Bonchev–Trinajstić information content (AvgIpc) is 3.23. The lowest BCUT2D eigenvalue weighted by molar-refractivity contribution is -0.119. The molecule has 0 aromatic heterocycles. The van der Waals surface area contributed by atoms with E-state index in [2.05, 4.69) is 10.6 Å². The minimum absolute atomic E-state index is 0.289. The van der Waals surface area contributed by atoms with Crippen LogP contribution in [-0.4, -0.2) is 35.3 Å². The van der Waals surface area contributed by atoms with Crippen LogP contribution in [0.1, 0.15) is 22.3 Å². The number of carbonyl (C=O) groups is 3. The molecule has 1 aliphatic carbocycles. The Kier molecular flexibility index (Phi) is 6.35. The van der Waals surface area contributed by atoms with Gasteiger partial charge >= 0.3 is 6.03 Å². The molecule has 0 saturated carbocycles. The normalized spacial score (nSPS) is 15.5. The predicted octanol–water partition coefficient (Wildman–Crippen LogP) is 3.43. The van der Waals surface area contributed by atoms with Crippen molar-refractivity contribution in [2.24, 2.45) is 5.73 Å². The number of nitrogens with zero attached hydrogens (tertiary/aromatic N) is 1. The smallest absolute Gasteiger partial charge is 0.326 e. The lowest BCUT2D eigenvalue weighted by Crippen LogP contribution is -2.45. The van der Waals surface area contributed by atoms with E-state index in [9.17, 15) is 18.8 Å². The number of nitrogens with two attached hydrogens (primary N) is 1. The molecule has 1 heterocycles. The number of primary amides is 1. The van der Waals surface area contributed by atoms with E-state index in [0.29, 0.717) is 24.2 Å². The Hall–Kier alpha value is -4.20. The highest BCUT2D eigenvalue weighted by molar-refractivity contribution is 5.98. The van der Waals surface area contributed by atoms with Gasteiger partial charge in [0.2, 0.25) is 5.91 Å². The second kappa shape index (κ2) is 9.52. The summed E-state index contributed by atoms with van der Waals surface area (Å²) in [4.78, 5) is 38.4. The number of carbonyl (C=O) groups excluding carboxylic acids is 3. The van der Waals surface area contributed by atoms with Gasteiger partial charge in [-0.2, -0.15) is 0 Å². The third-order valence-electron chi connectivity index (χ3n) is 5.48. The summed E-state index contributed by atoms with van der Waals surface area (Å²) in [6.45, 7) is 0.304. The minimum atomic E-state index is -0.848. The van der Waals surface area contributed by atoms with Gasteiger partial charge in [-0.15, -0.1) is 0 Å². The van der Waals surface area contributed by atoms with Crippen molar-refractivity contribution < 1.29 is 18.8 Å². The van der Waals surface area contributed by atoms with Crippen molar-refractivity contribution in [2.45, 2.75) is 18.9 Å². The fraction of sp³-hybridized carbons (Fsp3) is 0.160. The highest BCUT2D eigenvalue weighted by Crippen LogP contribution is 2.30. The zero-order chi connectivity index (χ0) is 23.4. The van der Waals surface area contributed by atoms with E-state index in [4.69, 9.17) is 5.73 Å². The molecule has 0 spiro atoms. The zero-order valence-corrected chi connectivity index (χ0v) is 17.8. The number of rotatable bonds is 6. The van der Waals surface area contributed by atoms with Crippen LogP contribution in [0.25, 0.3) is 0 Å². The second-order valence-electron chi connectivity index (χ2n) is 7.87. The fourth-order valence-electron chi connectivity index (χ4n) is 3.70. The SMILES string of the molecule is NC(=O)[C@H](Cc1ccccc1)NC(=O)c1ccc(NC(=O)N2C=C3CC=C(F)C=C3C2)cc1. The number of hydrogen-bond acceptors (Lipinski definition) is 3. The molecule has 4 amide bonds. The van der Waals surface area contributed by atoms with Gasteiger partial charge in [-0.25, -0.2) is 9.18 Å². The molecule has 2 aromatic carbocycles. The fourth-order valence-corrected chi connectivity index (χ4v) is 3.70. The molecule has 168 valence electrons. The minimum Gasteiger partial charge on any atom is -0.368 e. The molecule has 7 nitrogen and oxygen atoms in total. The summed E-state index contributed by atoms with van der Waals surface area (Å²) in [5.74, 6) is -1.36. The maximum absolute atomic E-state index is 13.4. The number of anilines is 1. The average molecular weight is 446 g/mol. The van der Waals surface area contributed by atoms with Crippen LogP contribution < -0.4 is 16.4 Å². The van der Waals surface area contributed by atoms with Crippen molar-refractivity contribution in [3.63, 3.8) is 0 Å². The number of benzene rings is 2. The van der Waals surface area contributed by atoms with Crippen LogP contribution in [0.3, 0.4) is 0 Å². The number of hydrogen-bond donors (Lipinski definition) is 3. The van der Waals surface area contributed by atoms with Gasteiger partial charge < -0.3 is 16.4 Å². The molecule has 2 aliphatic rings. The summed E-state index contributed by atoms with van der Waals surface area (Å²) in [6.07, 6.45) is 5.37. The van der Waals surface area contributed by atoms with Gasteiger partial charge in [0.1, 0.15) is 11.9 Å². The molecule has 8 heteroatoms. The highest BCUT2D eigenvalue weighted by atomic mass is 19.1. The van der Waals surface area contributed by atoms with Crippen molar-refractivity contribution in [1.82, 2.24) is 10.2 Å². The Bertz CT molecular complexity index is 1170. The number of halogens is 1. The zero-order valence-electron chi connectivity index (χ0n) is 17.8. The molecule has 33 heavy (non-hydrogen) atoms. The Morgan fingerprint density at radius 3 is 2.45 bits per heavy atom. The van der Waals surface area contributed by atoms with E-state index in [1.54, 1.807) is 30.5 Å². The number of allylic oxidation sites excluding steroid dienone is 3. The molecule has 0 radical (unpaired) electrons. The monoisotopic (exact) mass is 446 g/mol. The molecule has 0 unspecified atom stereocenters. The van der Waals surface area contributed by atoms with Gasteiger partial charge in [-0.3, -0.25) is 14.5 Å². The van der Waals surface area contributed by atoms with Crippen molar-refractivity contribution in [2.75, 3.05) is 11.9 Å². The number of nitrogens with one attached hydrogen (secondary N) is 2. The van der Waals surface area contributed by atoms with Crippen LogP contribution in [-0.2, 0) is 11.2 Å². The van der Waals surface area contributed by atoms with E-state index in [0.717, 1.165) is 16.7 Å². The summed E-state index contributed by atoms with van der Waals surface area (Å²) < 4.78 is 13.4. The Labute approximate surface area is 190 Å². The first-order valence-electron chi connectivity index (χ1n) is 10.5. The van der Waals surface area contributed by atoms with Gasteiger partial charge in [-0.05, 0) is 59.5 Å². The van der Waals surface area contributed by atoms with E-state index in [1.807, 2.05) is 30.3 Å². The molecule has 1 atom stereocenters. The second-order valence-corrected chi connectivity index (χ2v) is 7.87. The van der Waals surface area contributed by atoms with Crippen LogP contribution in [0, 0.1) is 0 Å². The molecular weight excluding hydrogens is 423 g/mol. The summed E-state index contributed by atoms with van der Waals surface area (Å²) >= 11 is 0. The first-order chi connectivity index (χ1) is 15.9. The Morgan fingerprint density at radius 2 is 1.76 bits per heavy atom. The topological polar surface area (TPSA) is 105 Å². The summed E-state index contributed by atoms with van der Waals surface area (Å²) in [5.41, 5.74) is 8.87. The van der Waals surface area contributed by atoms with E-state index < -0.39 is 17.9 Å². The lowest BCUT2D eigenvalue weighted by atomic mass is 10.0. The largest absolute Gasteiger partial charge is 0.368 e. The predicted molar refractivity (Wildman–Crippen MR) is 123 cm³/mol. The third-order valence-corrected chi connectivity index (χ3v) is 5.48. The molecular formula is C25H23FN4O3. The van der Waals surface area contributed by atoms with Crippen LogP contribution >= 0.6 is 0 Å². The highest BCUT2D eigenvalue weighted by Gasteiger charge is 2.25. The van der Waals surface area contributed by atoms with Crippen LogP contribution in [0.5, 0.6) is 0 Å². The molecule has 0 saturated heterocycles. The number of urea groups is 1. The van der Waals surface area contributed by atoms with Crippen LogP contribution in [0.15, 0.2) is 89.9 Å². The van der Waals surface area contributed by atoms with Crippen LogP contribution in [0.4, 0.5) is 14.9 Å². The quantitative estimate of drug-likeness (QED) is 0.633. The molecule has 4 N–H and O–H groups in total.